The maximum Gasteiger partial charge on any atom is 0.472 e. The van der Waals surface area contributed by atoms with Gasteiger partial charge in [-0.15, -0.1) is 0 Å². The molecule has 382 valence electrons. The van der Waals surface area contributed by atoms with Crippen molar-refractivity contribution in [2.45, 2.75) is 296 Å². The highest BCUT2D eigenvalue weighted by Gasteiger charge is 2.28. The van der Waals surface area contributed by atoms with Crippen LogP contribution in [-0.2, 0) is 18.4 Å². The zero-order valence-electron chi connectivity index (χ0n) is 43.6. The van der Waals surface area contributed by atoms with Gasteiger partial charge in [0.05, 0.1) is 39.9 Å². The van der Waals surface area contributed by atoms with E-state index in [1.165, 1.54) is 205 Å². The average molecular weight is 928 g/mol. The van der Waals surface area contributed by atoms with E-state index < -0.39 is 20.0 Å². The summed E-state index contributed by atoms with van der Waals surface area (Å²) in [5, 5.41) is 13.8. The lowest BCUT2D eigenvalue weighted by molar-refractivity contribution is -0.870. The van der Waals surface area contributed by atoms with E-state index in [2.05, 4.69) is 31.3 Å². The summed E-state index contributed by atoms with van der Waals surface area (Å²) in [4.78, 5) is 23.0. The second-order valence-electron chi connectivity index (χ2n) is 20.7. The average Bonchev–Trinajstić information content (AvgIpc) is 3.25. The van der Waals surface area contributed by atoms with Gasteiger partial charge in [-0.05, 0) is 38.5 Å². The molecule has 0 saturated heterocycles. The topological polar surface area (TPSA) is 105 Å². The van der Waals surface area contributed by atoms with Gasteiger partial charge in [-0.1, -0.05) is 251 Å². The van der Waals surface area contributed by atoms with Crippen LogP contribution in [0.15, 0.2) is 12.2 Å². The van der Waals surface area contributed by atoms with Crippen LogP contribution in [0.1, 0.15) is 284 Å². The smallest absolute Gasteiger partial charge is 0.391 e. The molecule has 3 unspecified atom stereocenters. The highest BCUT2D eigenvalue weighted by molar-refractivity contribution is 7.47. The molecular weight excluding hydrogens is 816 g/mol. The molecule has 8 nitrogen and oxygen atoms in total. The number of hydrogen-bond donors (Lipinski definition) is 3. The summed E-state index contributed by atoms with van der Waals surface area (Å²) in [7, 11) is 1.62. The van der Waals surface area contributed by atoms with Crippen LogP contribution in [-0.4, -0.2) is 73.4 Å². The van der Waals surface area contributed by atoms with Crippen molar-refractivity contribution in [3.8, 4) is 0 Å². The number of likely N-dealkylation sites (N-methyl/N-ethyl adjacent to an activating group) is 1. The number of aliphatic hydroxyl groups is 1. The Morgan fingerprint density at radius 1 is 0.516 bits per heavy atom. The molecule has 0 saturated carbocycles. The van der Waals surface area contributed by atoms with E-state index in [1.54, 1.807) is 0 Å². The van der Waals surface area contributed by atoms with Gasteiger partial charge in [-0.3, -0.25) is 13.8 Å². The van der Waals surface area contributed by atoms with Crippen LogP contribution in [0.3, 0.4) is 0 Å². The van der Waals surface area contributed by atoms with Gasteiger partial charge in [0.2, 0.25) is 5.91 Å². The fraction of sp³-hybridized carbons (Fsp3) is 0.945. The molecular formula is C55H112N2O6P+. The first-order valence-electron chi connectivity index (χ1n) is 28.1. The molecule has 64 heavy (non-hydrogen) atoms. The van der Waals surface area contributed by atoms with E-state index in [-0.39, 0.29) is 19.1 Å². The summed E-state index contributed by atoms with van der Waals surface area (Å²) in [5.41, 5.74) is 0. The SMILES string of the molecule is CCCCCCCCCC/C=C\CCCCCCCCCCCCCCCCCCCCCCCCCCCC(=O)NC(COP(=O)(O)OCC[N+](C)(C)C)C(O)CCCCCCC. The standard InChI is InChI=1S/C55H111N2O6P/c1-6-8-10-12-13-14-15-16-17-18-19-20-21-22-23-24-25-26-27-28-29-30-31-32-33-34-35-36-37-38-39-40-41-42-43-45-47-49-55(59)56-53(54(58)48-46-44-11-9-7-2)52-63-64(60,61)62-51-50-57(3,4)5/h18-19,53-54,58H,6-17,20-52H2,1-5H3,(H-,56,59,60,61)/p+1/b19-18-. The van der Waals surface area contributed by atoms with Gasteiger partial charge < -0.3 is 19.8 Å². The molecule has 0 aromatic heterocycles. The number of allylic oxidation sites excluding steroid dienone is 2. The fourth-order valence-corrected chi connectivity index (χ4v) is 9.31. The first-order chi connectivity index (χ1) is 31.0. The van der Waals surface area contributed by atoms with Crippen molar-refractivity contribution in [2.24, 2.45) is 0 Å². The van der Waals surface area contributed by atoms with Crippen molar-refractivity contribution in [3.63, 3.8) is 0 Å². The van der Waals surface area contributed by atoms with Crippen molar-refractivity contribution in [1.29, 1.82) is 0 Å². The van der Waals surface area contributed by atoms with E-state index >= 15 is 0 Å². The zero-order valence-corrected chi connectivity index (χ0v) is 44.4. The maximum atomic E-state index is 12.8. The van der Waals surface area contributed by atoms with Crippen molar-refractivity contribution in [3.05, 3.63) is 12.2 Å². The first kappa shape index (κ1) is 63.2. The number of phosphoric acid groups is 1. The third kappa shape index (κ3) is 49.2. The second kappa shape index (κ2) is 47.3. The molecule has 0 aliphatic heterocycles. The molecule has 9 heteroatoms. The predicted molar refractivity (Wildman–Crippen MR) is 277 cm³/mol. The number of aliphatic hydroxyl groups excluding tert-OH is 1. The highest BCUT2D eigenvalue weighted by atomic mass is 31.2. The number of carbonyl (C=O) groups excluding carboxylic acids is 1. The zero-order chi connectivity index (χ0) is 47.1. The van der Waals surface area contributed by atoms with E-state index in [0.717, 1.165) is 51.4 Å². The van der Waals surface area contributed by atoms with Crippen LogP contribution < -0.4 is 5.32 Å². The monoisotopic (exact) mass is 928 g/mol. The number of rotatable bonds is 52. The van der Waals surface area contributed by atoms with E-state index in [4.69, 9.17) is 9.05 Å². The number of phosphoric ester groups is 1. The minimum absolute atomic E-state index is 0.0767. The van der Waals surface area contributed by atoms with Crippen LogP contribution in [0, 0.1) is 0 Å². The quantitative estimate of drug-likeness (QED) is 0.0243. The largest absolute Gasteiger partial charge is 0.472 e. The lowest BCUT2D eigenvalue weighted by atomic mass is 10.0. The van der Waals surface area contributed by atoms with Crippen LogP contribution in [0.25, 0.3) is 0 Å². The number of carbonyl (C=O) groups is 1. The Bertz CT molecular complexity index is 1050. The number of nitrogens with one attached hydrogen (secondary N) is 1. The Morgan fingerprint density at radius 3 is 1.20 bits per heavy atom. The first-order valence-corrected chi connectivity index (χ1v) is 29.5. The Kier molecular flexibility index (Phi) is 46.8. The molecule has 0 heterocycles. The van der Waals surface area contributed by atoms with Gasteiger partial charge >= 0.3 is 7.82 Å². The minimum atomic E-state index is -4.30. The minimum Gasteiger partial charge on any atom is -0.391 e. The molecule has 3 atom stereocenters. The summed E-state index contributed by atoms with van der Waals surface area (Å²) in [6.45, 7) is 4.82. The fourth-order valence-electron chi connectivity index (χ4n) is 8.57. The predicted octanol–water partition coefficient (Wildman–Crippen LogP) is 16.7. The molecule has 0 spiro atoms. The molecule has 3 N–H and O–H groups in total. The van der Waals surface area contributed by atoms with E-state index in [9.17, 15) is 19.4 Å². The van der Waals surface area contributed by atoms with Crippen LogP contribution >= 0.6 is 7.82 Å². The summed E-state index contributed by atoms with van der Waals surface area (Å²) in [6.07, 6.45) is 57.8. The molecule has 0 rings (SSSR count). The van der Waals surface area contributed by atoms with Crippen LogP contribution in [0.2, 0.25) is 0 Å². The van der Waals surface area contributed by atoms with Crippen LogP contribution in [0.4, 0.5) is 0 Å². The molecule has 0 aromatic carbocycles. The van der Waals surface area contributed by atoms with Gasteiger partial charge in [0.1, 0.15) is 13.2 Å². The molecule has 0 aromatic rings. The van der Waals surface area contributed by atoms with Crippen molar-refractivity contribution >= 4 is 13.7 Å². The third-order valence-electron chi connectivity index (χ3n) is 13.0. The number of quaternary nitrogens is 1. The normalized spacial score (nSPS) is 14.0. The van der Waals surface area contributed by atoms with Gasteiger partial charge in [-0.25, -0.2) is 4.57 Å². The highest BCUT2D eigenvalue weighted by Crippen LogP contribution is 2.43. The molecule has 0 fully saturated rings. The summed E-state index contributed by atoms with van der Waals surface area (Å²) < 4.78 is 23.5. The molecule has 0 aliphatic carbocycles. The molecule has 1 amide bonds. The van der Waals surface area contributed by atoms with Crippen molar-refractivity contribution in [1.82, 2.24) is 5.32 Å². The Balaban J connectivity index is 3.66. The summed E-state index contributed by atoms with van der Waals surface area (Å²) in [6, 6.07) is -0.752. The summed E-state index contributed by atoms with van der Waals surface area (Å²) in [5.74, 6) is -0.146. The van der Waals surface area contributed by atoms with E-state index in [0.29, 0.717) is 23.9 Å². The third-order valence-corrected chi connectivity index (χ3v) is 14.0. The lowest BCUT2D eigenvalue weighted by Crippen LogP contribution is -2.46. The Labute approximate surface area is 399 Å². The Morgan fingerprint density at radius 2 is 0.844 bits per heavy atom. The Hall–Kier alpha value is -0.760. The van der Waals surface area contributed by atoms with Crippen LogP contribution in [0.5, 0.6) is 0 Å². The van der Waals surface area contributed by atoms with Gasteiger partial charge in [0, 0.05) is 6.42 Å². The number of hydrogen-bond acceptors (Lipinski definition) is 5. The van der Waals surface area contributed by atoms with Gasteiger partial charge in [0.15, 0.2) is 0 Å². The number of amides is 1. The maximum absolute atomic E-state index is 12.8. The van der Waals surface area contributed by atoms with Crippen molar-refractivity contribution in [2.75, 3.05) is 40.9 Å². The molecule has 0 radical (unpaired) electrons. The van der Waals surface area contributed by atoms with E-state index in [1.807, 2.05) is 21.1 Å². The van der Waals surface area contributed by atoms with Gasteiger partial charge in [0.25, 0.3) is 0 Å². The number of unbranched alkanes of at least 4 members (excludes halogenated alkanes) is 37. The molecule has 0 bridgehead atoms. The summed E-state index contributed by atoms with van der Waals surface area (Å²) >= 11 is 0. The lowest BCUT2D eigenvalue weighted by Gasteiger charge is -2.26. The molecule has 0 aliphatic rings. The van der Waals surface area contributed by atoms with Crippen molar-refractivity contribution < 1.29 is 32.9 Å². The van der Waals surface area contributed by atoms with Gasteiger partial charge in [-0.2, -0.15) is 0 Å². The second-order valence-corrected chi connectivity index (χ2v) is 22.1. The number of nitrogens with zero attached hydrogens (tertiary/aromatic N) is 1.